The molecule has 1 N–H and O–H groups in total. The average Bonchev–Trinajstić information content (AvgIpc) is 2.30. The van der Waals surface area contributed by atoms with Gasteiger partial charge >= 0.3 is 0 Å². The Hall–Kier alpha value is -0.610. The maximum absolute atomic E-state index is 11.9. The molecule has 1 saturated heterocycles. The van der Waals surface area contributed by atoms with Gasteiger partial charge in [-0.05, 0) is 25.8 Å². The summed E-state index contributed by atoms with van der Waals surface area (Å²) in [6, 6.07) is 0.395. The standard InChI is InChI=1S/C12H24N2O2/c1-14(8-5-9-16-2)12(15)10-11-6-3-4-7-13-11/h11,13H,3-10H2,1-2H3. The lowest BCUT2D eigenvalue weighted by Crippen LogP contribution is -2.39. The zero-order valence-corrected chi connectivity index (χ0v) is 10.5. The fourth-order valence-corrected chi connectivity index (χ4v) is 2.04. The lowest BCUT2D eigenvalue weighted by atomic mass is 10.0. The van der Waals surface area contributed by atoms with Gasteiger partial charge in [0.2, 0.25) is 5.91 Å². The van der Waals surface area contributed by atoms with Crippen LogP contribution in [0.15, 0.2) is 0 Å². The molecule has 4 nitrogen and oxygen atoms in total. The summed E-state index contributed by atoms with van der Waals surface area (Å²) in [6.45, 7) is 2.57. The molecule has 0 bridgehead atoms. The number of carbonyl (C=O) groups excluding carboxylic acids is 1. The third-order valence-corrected chi connectivity index (χ3v) is 3.10. The van der Waals surface area contributed by atoms with Gasteiger partial charge in [-0.2, -0.15) is 0 Å². The minimum atomic E-state index is 0.246. The second-order valence-electron chi connectivity index (χ2n) is 4.51. The summed E-state index contributed by atoms with van der Waals surface area (Å²) in [6.07, 6.45) is 5.19. The van der Waals surface area contributed by atoms with Crippen LogP contribution in [0.4, 0.5) is 0 Å². The van der Waals surface area contributed by atoms with E-state index in [1.807, 2.05) is 11.9 Å². The van der Waals surface area contributed by atoms with Gasteiger partial charge in [0.25, 0.3) is 0 Å². The molecule has 1 fully saturated rings. The van der Waals surface area contributed by atoms with E-state index in [1.54, 1.807) is 7.11 Å². The van der Waals surface area contributed by atoms with Crippen LogP contribution in [0.1, 0.15) is 32.1 Å². The Morgan fingerprint density at radius 1 is 1.50 bits per heavy atom. The number of amides is 1. The van der Waals surface area contributed by atoms with Gasteiger partial charge in [0.15, 0.2) is 0 Å². The summed E-state index contributed by atoms with van der Waals surface area (Å²) in [5, 5.41) is 3.40. The summed E-state index contributed by atoms with van der Waals surface area (Å²) >= 11 is 0. The first kappa shape index (κ1) is 13.5. The third-order valence-electron chi connectivity index (χ3n) is 3.10. The van der Waals surface area contributed by atoms with Gasteiger partial charge in [-0.3, -0.25) is 4.79 Å². The first-order chi connectivity index (χ1) is 7.74. The Bertz CT molecular complexity index is 203. The number of carbonyl (C=O) groups is 1. The van der Waals surface area contributed by atoms with Crippen molar-refractivity contribution in [2.45, 2.75) is 38.1 Å². The van der Waals surface area contributed by atoms with Crippen molar-refractivity contribution in [1.82, 2.24) is 10.2 Å². The van der Waals surface area contributed by atoms with E-state index in [2.05, 4.69) is 5.32 Å². The predicted molar refractivity (Wildman–Crippen MR) is 64.4 cm³/mol. The molecule has 0 radical (unpaired) electrons. The van der Waals surface area contributed by atoms with E-state index >= 15 is 0 Å². The number of ether oxygens (including phenoxy) is 1. The Labute approximate surface area is 98.3 Å². The molecule has 1 amide bonds. The van der Waals surface area contributed by atoms with Crippen LogP contribution in [-0.4, -0.2) is 50.7 Å². The summed E-state index contributed by atoms with van der Waals surface area (Å²) in [4.78, 5) is 13.7. The number of nitrogens with zero attached hydrogens (tertiary/aromatic N) is 1. The van der Waals surface area contributed by atoms with Crippen LogP contribution >= 0.6 is 0 Å². The van der Waals surface area contributed by atoms with Gasteiger partial charge in [-0.25, -0.2) is 0 Å². The van der Waals surface area contributed by atoms with Gasteiger partial charge < -0.3 is 15.0 Å². The van der Waals surface area contributed by atoms with Gasteiger partial charge in [-0.1, -0.05) is 6.42 Å². The van der Waals surface area contributed by atoms with Crippen LogP contribution in [0.3, 0.4) is 0 Å². The Kier molecular flexibility index (Phi) is 6.42. The number of methoxy groups -OCH3 is 1. The highest BCUT2D eigenvalue weighted by Crippen LogP contribution is 2.11. The molecule has 1 heterocycles. The van der Waals surface area contributed by atoms with Crippen LogP contribution < -0.4 is 5.32 Å². The van der Waals surface area contributed by atoms with Crippen LogP contribution in [0.25, 0.3) is 0 Å². The van der Waals surface area contributed by atoms with Crippen molar-refractivity contribution in [2.24, 2.45) is 0 Å². The Balaban J connectivity index is 2.16. The van der Waals surface area contributed by atoms with Gasteiger partial charge in [0.1, 0.15) is 0 Å². The van der Waals surface area contributed by atoms with Crippen molar-refractivity contribution in [2.75, 3.05) is 33.9 Å². The third kappa shape index (κ3) is 4.94. The SMILES string of the molecule is COCCCN(C)C(=O)CC1CCCCN1. The first-order valence-electron chi connectivity index (χ1n) is 6.20. The maximum atomic E-state index is 11.9. The van der Waals surface area contributed by atoms with E-state index in [0.717, 1.165) is 32.5 Å². The van der Waals surface area contributed by atoms with E-state index in [-0.39, 0.29) is 5.91 Å². The lowest BCUT2D eigenvalue weighted by molar-refractivity contribution is -0.130. The number of piperidine rings is 1. The largest absolute Gasteiger partial charge is 0.385 e. The molecule has 0 aromatic rings. The van der Waals surface area contributed by atoms with Crippen molar-refractivity contribution >= 4 is 5.91 Å². The smallest absolute Gasteiger partial charge is 0.223 e. The monoisotopic (exact) mass is 228 g/mol. The number of hydrogen-bond acceptors (Lipinski definition) is 3. The fourth-order valence-electron chi connectivity index (χ4n) is 2.04. The lowest BCUT2D eigenvalue weighted by Gasteiger charge is -2.25. The Morgan fingerprint density at radius 2 is 2.31 bits per heavy atom. The van der Waals surface area contributed by atoms with Crippen molar-refractivity contribution in [3.8, 4) is 0 Å². The van der Waals surface area contributed by atoms with Crippen molar-refractivity contribution in [3.05, 3.63) is 0 Å². The molecular formula is C12H24N2O2. The topological polar surface area (TPSA) is 41.6 Å². The molecule has 0 aliphatic carbocycles. The maximum Gasteiger partial charge on any atom is 0.223 e. The molecule has 0 spiro atoms. The van der Waals surface area contributed by atoms with E-state index < -0.39 is 0 Å². The quantitative estimate of drug-likeness (QED) is 0.690. The number of rotatable bonds is 6. The summed E-state index contributed by atoms with van der Waals surface area (Å²) in [5.41, 5.74) is 0. The molecule has 0 aromatic heterocycles. The minimum absolute atomic E-state index is 0.246. The van der Waals surface area contributed by atoms with Crippen LogP contribution in [0.2, 0.25) is 0 Å². The Morgan fingerprint density at radius 3 is 2.94 bits per heavy atom. The van der Waals surface area contributed by atoms with Gasteiger partial charge in [0, 0.05) is 39.8 Å². The van der Waals surface area contributed by atoms with Gasteiger partial charge in [0.05, 0.1) is 0 Å². The van der Waals surface area contributed by atoms with Crippen molar-refractivity contribution in [1.29, 1.82) is 0 Å². The molecule has 1 aliphatic rings. The number of nitrogens with one attached hydrogen (secondary N) is 1. The zero-order chi connectivity index (χ0) is 11.8. The molecule has 16 heavy (non-hydrogen) atoms. The summed E-state index contributed by atoms with van der Waals surface area (Å²) in [7, 11) is 3.56. The van der Waals surface area contributed by atoms with E-state index in [1.165, 1.54) is 12.8 Å². The molecule has 0 aromatic carbocycles. The van der Waals surface area contributed by atoms with Crippen LogP contribution in [0, 0.1) is 0 Å². The molecule has 4 heteroatoms. The van der Waals surface area contributed by atoms with Crippen LogP contribution in [0.5, 0.6) is 0 Å². The van der Waals surface area contributed by atoms with Crippen LogP contribution in [-0.2, 0) is 9.53 Å². The molecule has 1 rings (SSSR count). The molecule has 1 aliphatic heterocycles. The molecule has 0 saturated carbocycles. The second kappa shape index (κ2) is 7.63. The van der Waals surface area contributed by atoms with Crippen molar-refractivity contribution in [3.63, 3.8) is 0 Å². The van der Waals surface area contributed by atoms with E-state index in [0.29, 0.717) is 12.5 Å². The minimum Gasteiger partial charge on any atom is -0.385 e. The first-order valence-corrected chi connectivity index (χ1v) is 6.20. The molecule has 94 valence electrons. The van der Waals surface area contributed by atoms with E-state index in [4.69, 9.17) is 4.74 Å². The highest BCUT2D eigenvalue weighted by molar-refractivity contribution is 5.76. The molecular weight excluding hydrogens is 204 g/mol. The number of hydrogen-bond donors (Lipinski definition) is 1. The summed E-state index contributed by atoms with van der Waals surface area (Å²) in [5.74, 6) is 0.246. The van der Waals surface area contributed by atoms with Crippen molar-refractivity contribution < 1.29 is 9.53 Å². The highest BCUT2D eigenvalue weighted by atomic mass is 16.5. The second-order valence-corrected chi connectivity index (χ2v) is 4.51. The summed E-state index contributed by atoms with van der Waals surface area (Å²) < 4.78 is 4.97. The zero-order valence-electron chi connectivity index (χ0n) is 10.5. The highest BCUT2D eigenvalue weighted by Gasteiger charge is 2.18. The fraction of sp³-hybridized carbons (Fsp3) is 0.917. The normalized spacial score (nSPS) is 20.8. The molecule has 1 unspecified atom stereocenters. The predicted octanol–water partition coefficient (Wildman–Crippen LogP) is 1.01. The van der Waals surface area contributed by atoms with E-state index in [9.17, 15) is 4.79 Å². The molecule has 1 atom stereocenters. The average molecular weight is 228 g/mol. The van der Waals surface area contributed by atoms with Gasteiger partial charge in [-0.15, -0.1) is 0 Å².